The molecule has 1 N–H and O–H groups in total. The first-order valence-corrected chi connectivity index (χ1v) is 8.97. The van der Waals surface area contributed by atoms with E-state index in [-0.39, 0.29) is 0 Å². The fourth-order valence-corrected chi connectivity index (χ4v) is 4.52. The van der Waals surface area contributed by atoms with E-state index < -0.39 is 0 Å². The van der Waals surface area contributed by atoms with Crippen LogP contribution in [0.25, 0.3) is 0 Å². The van der Waals surface area contributed by atoms with Crippen LogP contribution in [0.2, 0.25) is 0 Å². The van der Waals surface area contributed by atoms with Crippen LogP contribution in [0.4, 0.5) is 0 Å². The van der Waals surface area contributed by atoms with Gasteiger partial charge in [0.25, 0.3) is 0 Å². The minimum absolute atomic E-state index is 0.738. The van der Waals surface area contributed by atoms with E-state index in [9.17, 15) is 0 Å². The zero-order valence-corrected chi connectivity index (χ0v) is 13.1. The molecule has 0 amide bonds. The predicted octanol–water partition coefficient (Wildman–Crippen LogP) is 3.17. The molecule has 2 nitrogen and oxygen atoms in total. The maximum atomic E-state index is 3.65. The SMILES string of the molecule is c1ccc2c(c1)CC(CNCCCN1CCCCC1)S2. The molecule has 0 saturated carbocycles. The van der Waals surface area contributed by atoms with Crippen molar-refractivity contribution >= 4 is 11.8 Å². The van der Waals surface area contributed by atoms with Gasteiger partial charge in [0, 0.05) is 16.7 Å². The Kier molecular flexibility index (Phi) is 5.40. The highest BCUT2D eigenvalue weighted by atomic mass is 32.2. The van der Waals surface area contributed by atoms with Crippen molar-refractivity contribution in [3.05, 3.63) is 29.8 Å². The maximum absolute atomic E-state index is 3.65. The summed E-state index contributed by atoms with van der Waals surface area (Å²) in [5.41, 5.74) is 1.54. The number of hydrogen-bond acceptors (Lipinski definition) is 3. The molecule has 0 spiro atoms. The van der Waals surface area contributed by atoms with Crippen molar-refractivity contribution in [2.24, 2.45) is 0 Å². The normalized spacial score (nSPS) is 22.9. The van der Waals surface area contributed by atoms with Crippen molar-refractivity contribution in [1.82, 2.24) is 10.2 Å². The fraction of sp³-hybridized carbons (Fsp3) is 0.647. The summed E-state index contributed by atoms with van der Waals surface area (Å²) < 4.78 is 0. The molecule has 3 heteroatoms. The van der Waals surface area contributed by atoms with Crippen LogP contribution in [0.15, 0.2) is 29.2 Å². The lowest BCUT2D eigenvalue weighted by atomic mass is 10.1. The van der Waals surface area contributed by atoms with Crippen LogP contribution >= 0.6 is 11.8 Å². The second-order valence-electron chi connectivity index (χ2n) is 6.01. The lowest BCUT2D eigenvalue weighted by Gasteiger charge is -2.26. The van der Waals surface area contributed by atoms with Gasteiger partial charge in [-0.1, -0.05) is 24.6 Å². The fourth-order valence-electron chi connectivity index (χ4n) is 3.24. The van der Waals surface area contributed by atoms with Gasteiger partial charge in [0.2, 0.25) is 0 Å². The van der Waals surface area contributed by atoms with Gasteiger partial charge < -0.3 is 10.2 Å². The van der Waals surface area contributed by atoms with Crippen LogP contribution in [0, 0.1) is 0 Å². The Hall–Kier alpha value is -0.510. The highest BCUT2D eigenvalue weighted by Gasteiger charge is 2.20. The predicted molar refractivity (Wildman–Crippen MR) is 87.6 cm³/mol. The van der Waals surface area contributed by atoms with Crippen LogP contribution in [0.5, 0.6) is 0 Å². The van der Waals surface area contributed by atoms with E-state index >= 15 is 0 Å². The zero-order valence-electron chi connectivity index (χ0n) is 12.3. The third kappa shape index (κ3) is 4.00. The molecule has 2 aliphatic heterocycles. The molecule has 1 fully saturated rings. The third-order valence-electron chi connectivity index (χ3n) is 4.36. The van der Waals surface area contributed by atoms with Crippen molar-refractivity contribution < 1.29 is 0 Å². The number of hydrogen-bond donors (Lipinski definition) is 1. The first kappa shape index (κ1) is 14.4. The molecule has 1 aromatic rings. The molecule has 3 rings (SSSR count). The van der Waals surface area contributed by atoms with Crippen molar-refractivity contribution in [3.8, 4) is 0 Å². The average molecular weight is 290 g/mol. The average Bonchev–Trinajstić information content (AvgIpc) is 2.90. The molecule has 2 heterocycles. The molecule has 1 saturated heterocycles. The Balaban J connectivity index is 1.28. The second-order valence-corrected chi connectivity index (χ2v) is 7.35. The highest BCUT2D eigenvalue weighted by Crippen LogP contribution is 2.36. The Morgan fingerprint density at radius 3 is 2.85 bits per heavy atom. The van der Waals surface area contributed by atoms with Crippen molar-refractivity contribution in [3.63, 3.8) is 0 Å². The van der Waals surface area contributed by atoms with Crippen LogP contribution in [0.3, 0.4) is 0 Å². The molecular weight excluding hydrogens is 264 g/mol. The van der Waals surface area contributed by atoms with Gasteiger partial charge in [0.1, 0.15) is 0 Å². The smallest absolute Gasteiger partial charge is 0.0260 e. The number of nitrogens with zero attached hydrogens (tertiary/aromatic N) is 1. The molecule has 1 aromatic carbocycles. The van der Waals surface area contributed by atoms with Gasteiger partial charge in [0.15, 0.2) is 0 Å². The lowest BCUT2D eigenvalue weighted by molar-refractivity contribution is 0.226. The third-order valence-corrected chi connectivity index (χ3v) is 5.68. The topological polar surface area (TPSA) is 15.3 Å². The molecule has 110 valence electrons. The zero-order chi connectivity index (χ0) is 13.6. The summed E-state index contributed by atoms with van der Waals surface area (Å²) >= 11 is 2.05. The number of piperidine rings is 1. The van der Waals surface area contributed by atoms with E-state index in [1.54, 1.807) is 0 Å². The number of fused-ring (bicyclic) bond motifs is 1. The quantitative estimate of drug-likeness (QED) is 0.810. The van der Waals surface area contributed by atoms with Gasteiger partial charge in [0.05, 0.1) is 0 Å². The molecule has 1 unspecified atom stereocenters. The van der Waals surface area contributed by atoms with Crippen LogP contribution in [0.1, 0.15) is 31.2 Å². The van der Waals surface area contributed by atoms with Crippen molar-refractivity contribution in [1.29, 1.82) is 0 Å². The second kappa shape index (κ2) is 7.48. The maximum Gasteiger partial charge on any atom is 0.0260 e. The number of nitrogens with one attached hydrogen (secondary N) is 1. The van der Waals surface area contributed by atoms with E-state index in [4.69, 9.17) is 0 Å². The lowest BCUT2D eigenvalue weighted by Crippen LogP contribution is -2.33. The van der Waals surface area contributed by atoms with Crippen LogP contribution in [-0.2, 0) is 6.42 Å². The van der Waals surface area contributed by atoms with E-state index in [0.717, 1.165) is 11.8 Å². The summed E-state index contributed by atoms with van der Waals surface area (Å²) in [5, 5.41) is 4.39. The van der Waals surface area contributed by atoms with E-state index in [0.29, 0.717) is 0 Å². The van der Waals surface area contributed by atoms with Gasteiger partial charge >= 0.3 is 0 Å². The van der Waals surface area contributed by atoms with Gasteiger partial charge in [-0.2, -0.15) is 0 Å². The van der Waals surface area contributed by atoms with Gasteiger partial charge in [-0.15, -0.1) is 11.8 Å². The monoisotopic (exact) mass is 290 g/mol. The van der Waals surface area contributed by atoms with Gasteiger partial charge in [-0.05, 0) is 63.5 Å². The Morgan fingerprint density at radius 1 is 1.15 bits per heavy atom. The van der Waals surface area contributed by atoms with E-state index in [1.165, 1.54) is 68.7 Å². The molecule has 2 aliphatic rings. The van der Waals surface area contributed by atoms with E-state index in [1.807, 2.05) is 11.8 Å². The molecule has 0 aliphatic carbocycles. The minimum atomic E-state index is 0.738. The molecule has 1 atom stereocenters. The summed E-state index contributed by atoms with van der Waals surface area (Å²) in [5.74, 6) is 0. The highest BCUT2D eigenvalue weighted by molar-refractivity contribution is 8.00. The standard InChI is InChI=1S/C17H26N2S/c1-4-10-19(11-5-1)12-6-9-18-14-16-13-15-7-2-3-8-17(15)20-16/h2-3,7-8,16,18H,1,4-6,9-14H2. The van der Waals surface area contributed by atoms with Crippen molar-refractivity contribution in [2.75, 3.05) is 32.7 Å². The molecule has 0 radical (unpaired) electrons. The van der Waals surface area contributed by atoms with Crippen molar-refractivity contribution in [2.45, 2.75) is 42.2 Å². The molecule has 20 heavy (non-hydrogen) atoms. The first-order chi connectivity index (χ1) is 9.92. The summed E-state index contributed by atoms with van der Waals surface area (Å²) in [6, 6.07) is 8.85. The summed E-state index contributed by atoms with van der Waals surface area (Å²) in [6.45, 7) is 6.26. The number of thioether (sulfide) groups is 1. The summed E-state index contributed by atoms with van der Waals surface area (Å²) in [4.78, 5) is 4.12. The van der Waals surface area contributed by atoms with Gasteiger partial charge in [-0.25, -0.2) is 0 Å². The van der Waals surface area contributed by atoms with Gasteiger partial charge in [-0.3, -0.25) is 0 Å². The van der Waals surface area contributed by atoms with Crippen LogP contribution < -0.4 is 5.32 Å². The first-order valence-electron chi connectivity index (χ1n) is 8.09. The Labute approximate surface area is 127 Å². The Morgan fingerprint density at radius 2 is 2.00 bits per heavy atom. The Bertz CT molecular complexity index is 390. The van der Waals surface area contributed by atoms with E-state index in [2.05, 4.69) is 34.5 Å². The summed E-state index contributed by atoms with van der Waals surface area (Å²) in [6.07, 6.45) is 6.79. The summed E-state index contributed by atoms with van der Waals surface area (Å²) in [7, 11) is 0. The number of benzene rings is 1. The number of likely N-dealkylation sites (tertiary alicyclic amines) is 1. The molecular formula is C17H26N2S. The largest absolute Gasteiger partial charge is 0.316 e. The number of rotatable bonds is 6. The molecule has 0 aromatic heterocycles. The molecule has 0 bridgehead atoms. The minimum Gasteiger partial charge on any atom is -0.316 e. The van der Waals surface area contributed by atoms with Crippen LogP contribution in [-0.4, -0.2) is 42.9 Å².